The summed E-state index contributed by atoms with van der Waals surface area (Å²) in [5, 5.41) is 9.67. The van der Waals surface area contributed by atoms with Crippen LogP contribution >= 0.6 is 0 Å². The van der Waals surface area contributed by atoms with Crippen LogP contribution in [-0.2, 0) is 14.3 Å². The van der Waals surface area contributed by atoms with Crippen LogP contribution < -0.4 is 0 Å². The molecule has 1 aliphatic heterocycles. The summed E-state index contributed by atoms with van der Waals surface area (Å²) >= 11 is 0. The highest BCUT2D eigenvalue weighted by molar-refractivity contribution is 6.81. The van der Waals surface area contributed by atoms with E-state index in [0.717, 1.165) is 38.9 Å². The topological polar surface area (TPSA) is 55.8 Å². The van der Waals surface area contributed by atoms with Crippen molar-refractivity contribution in [1.29, 1.82) is 0 Å². The zero-order chi connectivity index (χ0) is 21.3. The van der Waals surface area contributed by atoms with Crippen LogP contribution in [0.3, 0.4) is 0 Å². The Balaban J connectivity index is 2.21. The molecule has 0 unspecified atom stereocenters. The molecule has 4 nitrogen and oxygen atoms in total. The number of carboxylic acids is 1. The number of aliphatic carboxylic acids is 1. The van der Waals surface area contributed by atoms with Crippen LogP contribution in [0, 0.1) is 29.1 Å². The number of allylic oxidation sites excluding steroid dienone is 1. The molecule has 162 valence electrons. The lowest BCUT2D eigenvalue weighted by molar-refractivity contribution is -0.293. The maximum atomic E-state index is 11.8. The van der Waals surface area contributed by atoms with E-state index in [4.69, 9.17) is 9.47 Å². The molecule has 0 amide bonds. The molecule has 5 heteroatoms. The number of rotatable bonds is 6. The Morgan fingerprint density at radius 3 is 2.29 bits per heavy atom. The molecule has 0 aromatic rings. The Hall–Kier alpha value is -0.653. The standard InChI is InChI=1S/C23H42O4Si/c1-16-9-10-19(17(2)21(24)25)20(13-28(6,7)8)18(16)11-12-23(5)26-14-22(3,4)15-27-23/h13,16-19H,9-12,14-15H2,1-8H3,(H,24,25)/b20-13+/t16-,17-,18+,19+/m1/s1. The van der Waals surface area contributed by atoms with Gasteiger partial charge in [-0.25, -0.2) is 0 Å². The largest absolute Gasteiger partial charge is 0.481 e. The molecule has 4 atom stereocenters. The molecule has 1 saturated carbocycles. The minimum Gasteiger partial charge on any atom is -0.481 e. The Kier molecular flexibility index (Phi) is 7.26. The monoisotopic (exact) mass is 410 g/mol. The predicted molar refractivity (Wildman–Crippen MR) is 117 cm³/mol. The fraction of sp³-hybridized carbons (Fsp3) is 0.870. The summed E-state index contributed by atoms with van der Waals surface area (Å²) < 4.78 is 12.3. The normalized spacial score (nSPS) is 32.9. The van der Waals surface area contributed by atoms with Gasteiger partial charge in [0.1, 0.15) is 0 Å². The minimum atomic E-state index is -1.46. The van der Waals surface area contributed by atoms with E-state index in [0.29, 0.717) is 11.8 Å². The van der Waals surface area contributed by atoms with Gasteiger partial charge in [0.25, 0.3) is 0 Å². The summed E-state index contributed by atoms with van der Waals surface area (Å²) in [4.78, 5) is 11.8. The first-order valence-electron chi connectivity index (χ1n) is 11.0. The van der Waals surface area contributed by atoms with Gasteiger partial charge in [0.2, 0.25) is 0 Å². The van der Waals surface area contributed by atoms with Gasteiger partial charge in [-0.15, -0.1) is 0 Å². The van der Waals surface area contributed by atoms with Gasteiger partial charge < -0.3 is 14.6 Å². The van der Waals surface area contributed by atoms with E-state index in [-0.39, 0.29) is 17.3 Å². The van der Waals surface area contributed by atoms with Crippen molar-refractivity contribution in [3.8, 4) is 0 Å². The van der Waals surface area contributed by atoms with E-state index in [9.17, 15) is 9.90 Å². The van der Waals surface area contributed by atoms with Crippen LogP contribution in [-0.4, -0.2) is 38.2 Å². The van der Waals surface area contributed by atoms with Crippen molar-refractivity contribution in [1.82, 2.24) is 0 Å². The highest BCUT2D eigenvalue weighted by Crippen LogP contribution is 2.46. The highest BCUT2D eigenvalue weighted by atomic mass is 28.3. The van der Waals surface area contributed by atoms with Crippen molar-refractivity contribution in [2.45, 2.75) is 85.7 Å². The first-order chi connectivity index (χ1) is 12.7. The third-order valence-corrected chi connectivity index (χ3v) is 7.71. The van der Waals surface area contributed by atoms with E-state index in [1.54, 1.807) is 0 Å². The molecule has 2 aliphatic rings. The molecular weight excluding hydrogens is 368 g/mol. The zero-order valence-electron chi connectivity index (χ0n) is 19.3. The third-order valence-electron chi connectivity index (χ3n) is 6.51. The molecular formula is C23H42O4Si. The molecule has 1 heterocycles. The predicted octanol–water partition coefficient (Wildman–Crippen LogP) is 5.74. The second kappa shape index (κ2) is 8.61. The van der Waals surface area contributed by atoms with Crippen molar-refractivity contribution in [2.24, 2.45) is 29.1 Å². The molecule has 0 radical (unpaired) electrons. The summed E-state index contributed by atoms with van der Waals surface area (Å²) in [6, 6.07) is 0. The Morgan fingerprint density at radius 2 is 1.79 bits per heavy atom. The van der Waals surface area contributed by atoms with Crippen molar-refractivity contribution in [3.05, 3.63) is 11.3 Å². The van der Waals surface area contributed by atoms with Crippen LogP contribution in [0.1, 0.15) is 60.3 Å². The van der Waals surface area contributed by atoms with Crippen molar-refractivity contribution in [3.63, 3.8) is 0 Å². The number of ether oxygens (including phenoxy) is 2. The van der Waals surface area contributed by atoms with E-state index in [2.05, 4.69) is 53.0 Å². The molecule has 1 N–H and O–H groups in total. The van der Waals surface area contributed by atoms with Gasteiger partial charge in [-0.05, 0) is 43.9 Å². The van der Waals surface area contributed by atoms with Crippen LogP contribution in [0.25, 0.3) is 0 Å². The van der Waals surface area contributed by atoms with Gasteiger partial charge in [0, 0.05) is 11.8 Å². The summed E-state index contributed by atoms with van der Waals surface area (Å²) in [5.74, 6) is -0.366. The Bertz CT molecular complexity index is 580. The maximum Gasteiger partial charge on any atom is 0.306 e. The first kappa shape index (κ1) is 23.6. The van der Waals surface area contributed by atoms with Gasteiger partial charge in [-0.2, -0.15) is 0 Å². The Labute approximate surface area is 173 Å². The number of hydrogen-bond acceptors (Lipinski definition) is 3. The van der Waals surface area contributed by atoms with Crippen LogP contribution in [0.15, 0.2) is 11.3 Å². The lowest BCUT2D eigenvalue weighted by Crippen LogP contribution is -2.46. The van der Waals surface area contributed by atoms with Gasteiger partial charge in [-0.3, -0.25) is 4.79 Å². The van der Waals surface area contributed by atoms with Gasteiger partial charge in [-0.1, -0.05) is 58.6 Å². The van der Waals surface area contributed by atoms with Crippen molar-refractivity contribution < 1.29 is 19.4 Å². The lowest BCUT2D eigenvalue weighted by Gasteiger charge is -2.44. The van der Waals surface area contributed by atoms with Gasteiger partial charge >= 0.3 is 5.97 Å². The second-order valence-electron chi connectivity index (χ2n) is 11.3. The van der Waals surface area contributed by atoms with E-state index in [1.165, 1.54) is 5.57 Å². The number of carboxylic acid groups (broad SMARTS) is 1. The minimum absolute atomic E-state index is 0.0720. The molecule has 0 bridgehead atoms. The SMILES string of the molecule is C[C@@H]1CC[C@@H]([C@@H](C)C(=O)O)/C(=C/[Si](C)(C)C)[C@H]1CCC1(C)OCC(C)(C)CO1. The molecule has 2 rings (SSSR count). The fourth-order valence-corrected chi connectivity index (χ4v) is 6.06. The average molecular weight is 411 g/mol. The third kappa shape index (κ3) is 6.17. The van der Waals surface area contributed by atoms with Crippen LogP contribution in [0.5, 0.6) is 0 Å². The molecule has 2 fully saturated rings. The van der Waals surface area contributed by atoms with E-state index >= 15 is 0 Å². The molecule has 1 aliphatic carbocycles. The summed E-state index contributed by atoms with van der Waals surface area (Å²) in [5.41, 5.74) is 3.97. The number of carbonyl (C=O) groups is 1. The quantitative estimate of drug-likeness (QED) is 0.567. The van der Waals surface area contributed by atoms with E-state index in [1.807, 2.05) is 6.92 Å². The fourth-order valence-electron chi connectivity index (χ4n) is 4.63. The molecule has 0 aromatic heterocycles. The van der Waals surface area contributed by atoms with Crippen LogP contribution in [0.4, 0.5) is 0 Å². The molecule has 0 aromatic carbocycles. The van der Waals surface area contributed by atoms with Gasteiger partial charge in [0.15, 0.2) is 5.79 Å². The smallest absolute Gasteiger partial charge is 0.306 e. The average Bonchev–Trinajstić information content (AvgIpc) is 2.56. The van der Waals surface area contributed by atoms with Crippen molar-refractivity contribution >= 4 is 14.0 Å². The summed E-state index contributed by atoms with van der Waals surface area (Å²) in [6.07, 6.45) is 3.94. The Morgan fingerprint density at radius 1 is 1.21 bits per heavy atom. The zero-order valence-corrected chi connectivity index (χ0v) is 20.3. The first-order valence-corrected chi connectivity index (χ1v) is 14.5. The summed E-state index contributed by atoms with van der Waals surface area (Å²) in [7, 11) is -1.46. The van der Waals surface area contributed by atoms with Crippen LogP contribution in [0.2, 0.25) is 19.6 Å². The van der Waals surface area contributed by atoms with E-state index < -0.39 is 19.8 Å². The molecule has 28 heavy (non-hydrogen) atoms. The van der Waals surface area contributed by atoms with Crippen molar-refractivity contribution in [2.75, 3.05) is 13.2 Å². The lowest BCUT2D eigenvalue weighted by atomic mass is 9.66. The maximum absolute atomic E-state index is 11.8. The van der Waals surface area contributed by atoms with Gasteiger partial charge in [0.05, 0.1) is 27.2 Å². The highest BCUT2D eigenvalue weighted by Gasteiger charge is 2.41. The number of hydrogen-bond donors (Lipinski definition) is 1. The second-order valence-corrected chi connectivity index (χ2v) is 16.3. The molecule has 1 saturated heterocycles. The summed E-state index contributed by atoms with van der Waals surface area (Å²) in [6.45, 7) is 19.1. The molecule has 0 spiro atoms.